The Bertz CT molecular complexity index is 792. The van der Waals surface area contributed by atoms with Gasteiger partial charge in [-0.1, -0.05) is 18.2 Å². The van der Waals surface area contributed by atoms with Crippen LogP contribution in [-0.2, 0) is 0 Å². The number of anilines is 1. The van der Waals surface area contributed by atoms with E-state index in [1.165, 1.54) is 18.3 Å². The number of hydrogen-bond acceptors (Lipinski definition) is 7. The highest BCUT2D eigenvalue weighted by Crippen LogP contribution is 2.24. The number of nitriles is 1. The van der Waals surface area contributed by atoms with Gasteiger partial charge >= 0.3 is 0 Å². The quantitative estimate of drug-likeness (QED) is 0.334. The molecule has 0 saturated carbocycles. The van der Waals surface area contributed by atoms with Gasteiger partial charge in [0.25, 0.3) is 0 Å². The van der Waals surface area contributed by atoms with E-state index in [9.17, 15) is 5.11 Å². The Kier molecular flexibility index (Phi) is 5.12. The molecule has 2 aromatic rings. The standard InChI is InChI=1S/C15H13ClN6O/c1-9(13-2-4-19-15(18)21-13)14(22-20-5-3-17)10-6-11(16)8-12(23)7-10/h2,4,6-8,20,23H,1,5H2,(H2,18,19,21)/b22-14+. The van der Waals surface area contributed by atoms with E-state index in [0.29, 0.717) is 27.6 Å². The van der Waals surface area contributed by atoms with Crippen molar-refractivity contribution in [2.75, 3.05) is 12.3 Å². The lowest BCUT2D eigenvalue weighted by Gasteiger charge is -2.11. The van der Waals surface area contributed by atoms with E-state index in [2.05, 4.69) is 27.1 Å². The first-order valence-corrected chi connectivity index (χ1v) is 6.84. The lowest BCUT2D eigenvalue weighted by Crippen LogP contribution is -2.14. The number of benzene rings is 1. The number of nitrogens with one attached hydrogen (secondary N) is 1. The largest absolute Gasteiger partial charge is 0.508 e. The first-order valence-electron chi connectivity index (χ1n) is 6.47. The average molecular weight is 329 g/mol. The molecule has 8 heteroatoms. The van der Waals surface area contributed by atoms with Gasteiger partial charge in [0, 0.05) is 22.4 Å². The molecule has 4 N–H and O–H groups in total. The zero-order valence-corrected chi connectivity index (χ0v) is 12.7. The van der Waals surface area contributed by atoms with E-state index >= 15 is 0 Å². The van der Waals surface area contributed by atoms with E-state index in [0.717, 1.165) is 0 Å². The molecule has 0 aliphatic carbocycles. The number of hydrogen-bond donors (Lipinski definition) is 3. The molecule has 0 aliphatic heterocycles. The number of aromatic hydroxyl groups is 1. The molecule has 0 saturated heterocycles. The van der Waals surface area contributed by atoms with Crippen LogP contribution < -0.4 is 11.2 Å². The molecule has 0 spiro atoms. The fraction of sp³-hybridized carbons (Fsp3) is 0.0667. The monoisotopic (exact) mass is 328 g/mol. The topological polar surface area (TPSA) is 120 Å². The predicted molar refractivity (Wildman–Crippen MR) is 88.7 cm³/mol. The summed E-state index contributed by atoms with van der Waals surface area (Å²) in [6.45, 7) is 3.97. The summed E-state index contributed by atoms with van der Waals surface area (Å²) in [4.78, 5) is 7.91. The zero-order valence-electron chi connectivity index (χ0n) is 12.0. The van der Waals surface area contributed by atoms with Gasteiger partial charge in [-0.3, -0.25) is 5.43 Å². The van der Waals surface area contributed by atoms with Crippen molar-refractivity contribution >= 4 is 28.8 Å². The van der Waals surface area contributed by atoms with Gasteiger partial charge in [0.15, 0.2) is 0 Å². The fourth-order valence-electron chi connectivity index (χ4n) is 1.83. The van der Waals surface area contributed by atoms with Crippen molar-refractivity contribution in [2.45, 2.75) is 0 Å². The zero-order chi connectivity index (χ0) is 16.8. The van der Waals surface area contributed by atoms with Gasteiger partial charge in [-0.25, -0.2) is 9.97 Å². The highest BCUT2D eigenvalue weighted by molar-refractivity contribution is 6.34. The summed E-state index contributed by atoms with van der Waals surface area (Å²) in [7, 11) is 0. The minimum atomic E-state index is -0.0181. The minimum Gasteiger partial charge on any atom is -0.508 e. The first kappa shape index (κ1) is 16.3. The normalized spacial score (nSPS) is 10.9. The van der Waals surface area contributed by atoms with E-state index in [-0.39, 0.29) is 18.2 Å². The summed E-state index contributed by atoms with van der Waals surface area (Å²) in [5.74, 6) is 0.0809. The Morgan fingerprint density at radius 2 is 2.26 bits per heavy atom. The van der Waals surface area contributed by atoms with Gasteiger partial charge in [-0.15, -0.1) is 0 Å². The fourth-order valence-corrected chi connectivity index (χ4v) is 2.06. The van der Waals surface area contributed by atoms with Crippen LogP contribution >= 0.6 is 11.6 Å². The van der Waals surface area contributed by atoms with Crippen molar-refractivity contribution < 1.29 is 5.11 Å². The molecular weight excluding hydrogens is 316 g/mol. The molecule has 7 nitrogen and oxygen atoms in total. The molecule has 23 heavy (non-hydrogen) atoms. The molecule has 116 valence electrons. The van der Waals surface area contributed by atoms with Crippen molar-refractivity contribution in [3.05, 3.63) is 53.3 Å². The summed E-state index contributed by atoms with van der Waals surface area (Å²) in [6.07, 6.45) is 1.50. The number of hydrazone groups is 1. The Morgan fingerprint density at radius 1 is 1.48 bits per heavy atom. The highest BCUT2D eigenvalue weighted by atomic mass is 35.5. The number of phenolic OH excluding ortho intramolecular Hbond substituents is 1. The predicted octanol–water partition coefficient (Wildman–Crippen LogP) is 1.95. The Morgan fingerprint density at radius 3 is 2.91 bits per heavy atom. The van der Waals surface area contributed by atoms with Crippen LogP contribution in [0, 0.1) is 11.3 Å². The van der Waals surface area contributed by atoms with Crippen molar-refractivity contribution in [2.24, 2.45) is 5.10 Å². The number of rotatable bonds is 5. The SMILES string of the molecule is C=C(/C(=N\NCC#N)c1cc(O)cc(Cl)c1)c1ccnc(N)n1. The number of aromatic nitrogens is 2. The van der Waals surface area contributed by atoms with Gasteiger partial charge in [-0.05, 0) is 24.3 Å². The smallest absolute Gasteiger partial charge is 0.220 e. The summed E-state index contributed by atoms with van der Waals surface area (Å²) in [6, 6.07) is 8.04. The Balaban J connectivity index is 2.48. The number of allylic oxidation sites excluding steroid dienone is 1. The Hall–Kier alpha value is -3.11. The second-order valence-electron chi connectivity index (χ2n) is 4.43. The third-order valence-electron chi connectivity index (χ3n) is 2.77. The van der Waals surface area contributed by atoms with Crippen molar-refractivity contribution in [3.8, 4) is 11.8 Å². The molecule has 1 aromatic heterocycles. The lowest BCUT2D eigenvalue weighted by atomic mass is 10.0. The molecule has 0 bridgehead atoms. The maximum absolute atomic E-state index is 9.72. The number of nitrogens with two attached hydrogens (primary N) is 1. The van der Waals surface area contributed by atoms with Gasteiger partial charge in [-0.2, -0.15) is 10.4 Å². The highest BCUT2D eigenvalue weighted by Gasteiger charge is 2.14. The van der Waals surface area contributed by atoms with Gasteiger partial charge in [0.2, 0.25) is 5.95 Å². The molecule has 0 amide bonds. The minimum absolute atomic E-state index is 0.00917. The van der Waals surface area contributed by atoms with E-state index < -0.39 is 0 Å². The van der Waals surface area contributed by atoms with Crippen LogP contribution in [0.25, 0.3) is 5.57 Å². The molecular formula is C15H13ClN6O. The van der Waals surface area contributed by atoms with Crippen LogP contribution in [0.1, 0.15) is 11.3 Å². The molecule has 0 radical (unpaired) electrons. The van der Waals surface area contributed by atoms with E-state index in [1.807, 2.05) is 6.07 Å². The van der Waals surface area contributed by atoms with Crippen LogP contribution in [0.3, 0.4) is 0 Å². The van der Waals surface area contributed by atoms with Crippen LogP contribution in [0.4, 0.5) is 5.95 Å². The molecule has 1 heterocycles. The molecule has 0 aliphatic rings. The molecule has 0 atom stereocenters. The van der Waals surface area contributed by atoms with Gasteiger partial charge < -0.3 is 10.8 Å². The van der Waals surface area contributed by atoms with Gasteiger partial charge in [0.1, 0.15) is 12.3 Å². The molecule has 0 unspecified atom stereocenters. The maximum atomic E-state index is 9.72. The average Bonchev–Trinajstić information content (AvgIpc) is 2.50. The van der Waals surface area contributed by atoms with Crippen LogP contribution in [0.2, 0.25) is 5.02 Å². The number of nitrogen functional groups attached to an aromatic ring is 1. The van der Waals surface area contributed by atoms with Crippen molar-refractivity contribution in [1.29, 1.82) is 5.26 Å². The molecule has 0 fully saturated rings. The van der Waals surface area contributed by atoms with Crippen LogP contribution in [-0.4, -0.2) is 27.3 Å². The molecule has 1 aromatic carbocycles. The van der Waals surface area contributed by atoms with E-state index in [4.69, 9.17) is 22.6 Å². The molecule has 2 rings (SSSR count). The van der Waals surface area contributed by atoms with E-state index in [1.54, 1.807) is 12.1 Å². The van der Waals surface area contributed by atoms with Crippen molar-refractivity contribution in [3.63, 3.8) is 0 Å². The first-order chi connectivity index (χ1) is 11.0. The van der Waals surface area contributed by atoms with Crippen LogP contribution in [0.5, 0.6) is 5.75 Å². The summed E-state index contributed by atoms with van der Waals surface area (Å²) < 4.78 is 0. The summed E-state index contributed by atoms with van der Waals surface area (Å²) >= 11 is 5.97. The number of halogens is 1. The lowest BCUT2D eigenvalue weighted by molar-refractivity contribution is 0.475. The number of nitrogens with zero attached hydrogens (tertiary/aromatic N) is 4. The number of phenols is 1. The third kappa shape index (κ3) is 4.18. The summed E-state index contributed by atoms with van der Waals surface area (Å²) in [5, 5.41) is 22.8. The third-order valence-corrected chi connectivity index (χ3v) is 2.99. The Labute approximate surface area is 137 Å². The summed E-state index contributed by atoms with van der Waals surface area (Å²) in [5.41, 5.74) is 9.98. The van der Waals surface area contributed by atoms with Crippen molar-refractivity contribution in [1.82, 2.24) is 15.4 Å². The maximum Gasteiger partial charge on any atom is 0.220 e. The second-order valence-corrected chi connectivity index (χ2v) is 4.87. The second kappa shape index (κ2) is 7.24. The van der Waals surface area contributed by atoms with Gasteiger partial charge in [0.05, 0.1) is 17.5 Å². The van der Waals surface area contributed by atoms with Crippen LogP contribution in [0.15, 0.2) is 42.1 Å².